The maximum atomic E-state index is 11.4. The maximum absolute atomic E-state index is 11.4. The Bertz CT molecular complexity index is 493. The maximum Gasteiger partial charge on any atom is 0.277 e. The Hall–Kier alpha value is -1.34. The molecule has 2 aromatic rings. The van der Waals surface area contributed by atoms with E-state index in [4.69, 9.17) is 4.42 Å². The molecule has 0 fully saturated rings. The third kappa shape index (κ3) is 3.07. The third-order valence-corrected chi connectivity index (χ3v) is 3.62. The number of rotatable bonds is 4. The molecule has 5 nitrogen and oxygen atoms in total. The zero-order valence-corrected chi connectivity index (χ0v) is 11.0. The molecule has 0 spiro atoms. The van der Waals surface area contributed by atoms with E-state index in [-0.39, 0.29) is 5.91 Å². The van der Waals surface area contributed by atoms with Gasteiger partial charge in [-0.15, -0.1) is 21.5 Å². The lowest BCUT2D eigenvalue weighted by molar-refractivity contribution is -0.125. The van der Waals surface area contributed by atoms with Crippen LogP contribution < -0.4 is 0 Å². The van der Waals surface area contributed by atoms with Crippen molar-refractivity contribution in [3.8, 4) is 10.8 Å². The highest BCUT2D eigenvalue weighted by Crippen LogP contribution is 2.26. The van der Waals surface area contributed by atoms with Crippen molar-refractivity contribution in [2.75, 3.05) is 19.8 Å². The second-order valence-electron chi connectivity index (χ2n) is 3.43. The summed E-state index contributed by atoms with van der Waals surface area (Å²) in [7, 11) is 3.43. The first-order valence-electron chi connectivity index (χ1n) is 4.87. The van der Waals surface area contributed by atoms with Gasteiger partial charge in [-0.2, -0.15) is 0 Å². The Kier molecular flexibility index (Phi) is 3.80. The Labute approximate surface area is 107 Å². The van der Waals surface area contributed by atoms with Gasteiger partial charge in [-0.1, -0.05) is 17.8 Å². The van der Waals surface area contributed by atoms with Gasteiger partial charge in [0.1, 0.15) is 0 Å². The zero-order chi connectivity index (χ0) is 12.3. The molecule has 0 saturated carbocycles. The summed E-state index contributed by atoms with van der Waals surface area (Å²) in [4.78, 5) is 13.8. The molecule has 17 heavy (non-hydrogen) atoms. The van der Waals surface area contributed by atoms with Gasteiger partial charge < -0.3 is 9.32 Å². The average Bonchev–Trinajstić information content (AvgIpc) is 2.95. The van der Waals surface area contributed by atoms with Gasteiger partial charge in [0.05, 0.1) is 10.6 Å². The fraction of sp³-hybridized carbons (Fsp3) is 0.300. The molecule has 0 saturated heterocycles. The Morgan fingerprint density at radius 2 is 2.35 bits per heavy atom. The number of carbonyl (C=O) groups is 1. The second kappa shape index (κ2) is 5.33. The van der Waals surface area contributed by atoms with E-state index in [1.807, 2.05) is 17.5 Å². The molecule has 0 aromatic carbocycles. The smallest absolute Gasteiger partial charge is 0.277 e. The van der Waals surface area contributed by atoms with Crippen LogP contribution in [0.25, 0.3) is 10.8 Å². The van der Waals surface area contributed by atoms with Crippen molar-refractivity contribution >= 4 is 29.0 Å². The SMILES string of the molecule is CN(C)C(=O)CSc1nnc(-c2cccs2)o1. The number of carbonyl (C=O) groups excluding carboxylic acids is 1. The number of thiophene rings is 1. The number of hydrogen-bond acceptors (Lipinski definition) is 6. The van der Waals surface area contributed by atoms with Crippen LogP contribution >= 0.6 is 23.1 Å². The molecule has 0 aliphatic carbocycles. The normalized spacial score (nSPS) is 10.5. The summed E-state index contributed by atoms with van der Waals surface area (Å²) in [6.07, 6.45) is 0. The first-order chi connectivity index (χ1) is 8.16. The van der Waals surface area contributed by atoms with Crippen LogP contribution in [0, 0.1) is 0 Å². The van der Waals surface area contributed by atoms with E-state index in [0.717, 1.165) is 4.88 Å². The molecule has 7 heteroatoms. The highest BCUT2D eigenvalue weighted by molar-refractivity contribution is 7.99. The van der Waals surface area contributed by atoms with E-state index >= 15 is 0 Å². The molecular formula is C10H11N3O2S2. The van der Waals surface area contributed by atoms with Crippen LogP contribution in [0.2, 0.25) is 0 Å². The lowest BCUT2D eigenvalue weighted by atomic mass is 10.5. The largest absolute Gasteiger partial charge is 0.410 e. The van der Waals surface area contributed by atoms with Crippen molar-refractivity contribution in [3.05, 3.63) is 17.5 Å². The summed E-state index contributed by atoms with van der Waals surface area (Å²) >= 11 is 2.79. The molecule has 90 valence electrons. The molecule has 2 aromatic heterocycles. The first-order valence-corrected chi connectivity index (χ1v) is 6.73. The summed E-state index contributed by atoms with van der Waals surface area (Å²) in [5.74, 6) is 0.824. The summed E-state index contributed by atoms with van der Waals surface area (Å²) in [5, 5.41) is 10.2. The lowest BCUT2D eigenvalue weighted by Crippen LogP contribution is -2.23. The van der Waals surface area contributed by atoms with Crippen molar-refractivity contribution in [1.82, 2.24) is 15.1 Å². The standard InChI is InChI=1S/C10H11N3O2S2/c1-13(2)8(14)6-17-10-12-11-9(15-10)7-4-3-5-16-7/h3-5H,6H2,1-2H3. The van der Waals surface area contributed by atoms with Crippen LogP contribution in [-0.4, -0.2) is 40.9 Å². The topological polar surface area (TPSA) is 59.2 Å². The van der Waals surface area contributed by atoms with Crippen LogP contribution in [-0.2, 0) is 4.79 Å². The summed E-state index contributed by atoms with van der Waals surface area (Å²) in [5.41, 5.74) is 0. The van der Waals surface area contributed by atoms with Gasteiger partial charge in [0, 0.05) is 14.1 Å². The molecule has 0 atom stereocenters. The fourth-order valence-corrected chi connectivity index (χ4v) is 2.41. The fourth-order valence-electron chi connectivity index (χ4n) is 1.02. The minimum absolute atomic E-state index is 0.0193. The molecular weight excluding hydrogens is 258 g/mol. The number of nitrogens with zero attached hydrogens (tertiary/aromatic N) is 3. The summed E-state index contributed by atoms with van der Waals surface area (Å²) in [6, 6.07) is 3.84. The molecule has 0 aliphatic rings. The average molecular weight is 269 g/mol. The van der Waals surface area contributed by atoms with E-state index in [2.05, 4.69) is 10.2 Å². The van der Waals surface area contributed by atoms with Crippen LogP contribution in [0.1, 0.15) is 0 Å². The monoisotopic (exact) mass is 269 g/mol. The van der Waals surface area contributed by atoms with Crippen molar-refractivity contribution in [2.24, 2.45) is 0 Å². The second-order valence-corrected chi connectivity index (χ2v) is 5.30. The molecule has 0 unspecified atom stereocenters. The van der Waals surface area contributed by atoms with Crippen LogP contribution in [0.4, 0.5) is 0 Å². The van der Waals surface area contributed by atoms with E-state index in [1.54, 1.807) is 14.1 Å². The number of hydrogen-bond donors (Lipinski definition) is 0. The van der Waals surface area contributed by atoms with Crippen molar-refractivity contribution in [2.45, 2.75) is 5.22 Å². The molecule has 2 heterocycles. The van der Waals surface area contributed by atoms with Gasteiger partial charge in [0.15, 0.2) is 0 Å². The van der Waals surface area contributed by atoms with Crippen molar-refractivity contribution < 1.29 is 9.21 Å². The molecule has 0 radical (unpaired) electrons. The van der Waals surface area contributed by atoms with E-state index in [0.29, 0.717) is 16.9 Å². The van der Waals surface area contributed by atoms with Gasteiger partial charge in [-0.3, -0.25) is 4.79 Å². The molecule has 1 amide bonds. The molecule has 0 bridgehead atoms. The quantitative estimate of drug-likeness (QED) is 0.794. The van der Waals surface area contributed by atoms with E-state index in [1.165, 1.54) is 28.0 Å². The number of thioether (sulfide) groups is 1. The van der Waals surface area contributed by atoms with Crippen LogP contribution in [0.15, 0.2) is 27.2 Å². The van der Waals surface area contributed by atoms with Crippen LogP contribution in [0.3, 0.4) is 0 Å². The minimum Gasteiger partial charge on any atom is -0.410 e. The van der Waals surface area contributed by atoms with Gasteiger partial charge >= 0.3 is 0 Å². The molecule has 2 rings (SSSR count). The first kappa shape index (κ1) is 12.1. The lowest BCUT2D eigenvalue weighted by Gasteiger charge is -2.07. The Morgan fingerprint density at radius 1 is 1.53 bits per heavy atom. The number of amides is 1. The van der Waals surface area contributed by atoms with Crippen LogP contribution in [0.5, 0.6) is 0 Å². The number of aromatic nitrogens is 2. The highest BCUT2D eigenvalue weighted by atomic mass is 32.2. The zero-order valence-electron chi connectivity index (χ0n) is 9.41. The van der Waals surface area contributed by atoms with Gasteiger partial charge in [0.25, 0.3) is 11.1 Å². The predicted molar refractivity (Wildman–Crippen MR) is 67.0 cm³/mol. The Morgan fingerprint density at radius 3 is 3.00 bits per heavy atom. The summed E-state index contributed by atoms with van der Waals surface area (Å²) < 4.78 is 5.44. The van der Waals surface area contributed by atoms with Gasteiger partial charge in [0.2, 0.25) is 5.91 Å². The Balaban J connectivity index is 1.97. The molecule has 0 aliphatic heterocycles. The predicted octanol–water partition coefficient (Wildman–Crippen LogP) is 1.98. The third-order valence-electron chi connectivity index (χ3n) is 1.96. The van der Waals surface area contributed by atoms with Crippen molar-refractivity contribution in [1.29, 1.82) is 0 Å². The van der Waals surface area contributed by atoms with Gasteiger partial charge in [-0.05, 0) is 11.4 Å². The molecule has 0 N–H and O–H groups in total. The van der Waals surface area contributed by atoms with E-state index < -0.39 is 0 Å². The van der Waals surface area contributed by atoms with Crippen molar-refractivity contribution in [3.63, 3.8) is 0 Å². The van der Waals surface area contributed by atoms with Gasteiger partial charge in [-0.25, -0.2) is 0 Å². The van der Waals surface area contributed by atoms with E-state index in [9.17, 15) is 4.79 Å². The minimum atomic E-state index is 0.0193. The summed E-state index contributed by atoms with van der Waals surface area (Å²) in [6.45, 7) is 0. The highest BCUT2D eigenvalue weighted by Gasteiger charge is 2.12.